The number of piperazine rings is 1. The third-order valence-corrected chi connectivity index (χ3v) is 14.1. The van der Waals surface area contributed by atoms with Gasteiger partial charge in [0.15, 0.2) is 40.0 Å². The molecule has 14 heteroatoms. The van der Waals surface area contributed by atoms with Gasteiger partial charge >= 0.3 is 5.97 Å². The second kappa shape index (κ2) is 12.8. The summed E-state index contributed by atoms with van der Waals surface area (Å²) in [6.45, 7) is 4.49. The number of nitriles is 1. The van der Waals surface area contributed by atoms with Crippen molar-refractivity contribution in [3.05, 3.63) is 62.7 Å². The molecular weight excluding hydrogens is 713 g/mol. The zero-order chi connectivity index (χ0) is 37.8. The highest BCUT2D eigenvalue weighted by Crippen LogP contribution is 2.64. The third-order valence-electron chi connectivity index (χ3n) is 12.6. The van der Waals surface area contributed by atoms with Crippen molar-refractivity contribution in [3.63, 3.8) is 0 Å². The van der Waals surface area contributed by atoms with E-state index in [2.05, 4.69) is 34.3 Å². The molecule has 2 N–H and O–H groups in total. The monoisotopic (exact) mass is 756 g/mol. The minimum Gasteiger partial charge on any atom is -0.504 e. The number of fused-ring (bicyclic) bond motifs is 9. The molecule has 7 heterocycles. The number of likely N-dealkylation sites (N-methyl/N-ethyl adjacent to an activating group) is 1. The van der Waals surface area contributed by atoms with Gasteiger partial charge in [-0.2, -0.15) is 5.26 Å². The molecule has 7 aliphatic heterocycles. The number of hydrogen-bond donors (Lipinski definition) is 2. The molecular formula is C40H44N4O9S. The molecule has 2 fully saturated rings. The van der Waals surface area contributed by atoms with Crippen LogP contribution in [0.3, 0.4) is 0 Å². The number of ether oxygens (including phenoxy) is 7. The van der Waals surface area contributed by atoms with Crippen molar-refractivity contribution in [1.82, 2.24) is 15.1 Å². The van der Waals surface area contributed by atoms with E-state index >= 15 is 0 Å². The summed E-state index contributed by atoms with van der Waals surface area (Å²) in [4.78, 5) is 19.4. The van der Waals surface area contributed by atoms with E-state index in [0.29, 0.717) is 53.7 Å². The Morgan fingerprint density at radius 1 is 0.963 bits per heavy atom. The highest BCUT2D eigenvalue weighted by Gasteiger charge is 2.61. The number of phenols is 1. The number of aryl methyl sites for hydroxylation is 1. The van der Waals surface area contributed by atoms with Crippen LogP contribution in [0.5, 0.6) is 40.2 Å². The summed E-state index contributed by atoms with van der Waals surface area (Å²) >= 11 is 1.63. The number of hydrogen-bond acceptors (Lipinski definition) is 14. The van der Waals surface area contributed by atoms with Crippen LogP contribution < -0.4 is 33.7 Å². The predicted octanol–water partition coefficient (Wildman–Crippen LogP) is 4.37. The summed E-state index contributed by atoms with van der Waals surface area (Å²) in [5.74, 6) is 3.38. The Bertz CT molecular complexity index is 2140. The summed E-state index contributed by atoms with van der Waals surface area (Å²) in [6, 6.07) is 6.42. The number of carbonyl (C=O) groups excluding carboxylic acids is 1. The molecule has 3 aromatic rings. The lowest BCUT2D eigenvalue weighted by Gasteiger charge is -2.62. The number of nitrogens with zero attached hydrogens (tertiary/aromatic N) is 3. The van der Waals surface area contributed by atoms with Crippen LogP contribution in [0.4, 0.5) is 0 Å². The van der Waals surface area contributed by atoms with Crippen LogP contribution in [0.2, 0.25) is 0 Å². The minimum absolute atomic E-state index is 0.0204. The van der Waals surface area contributed by atoms with Gasteiger partial charge in [-0.05, 0) is 68.1 Å². The second-order valence-corrected chi connectivity index (χ2v) is 16.0. The molecule has 1 unspecified atom stereocenters. The van der Waals surface area contributed by atoms with Gasteiger partial charge in [0, 0.05) is 46.6 Å². The topological polar surface area (TPSA) is 144 Å². The standard InChI is InChI=1S/C40H44N4O9S/c1-18-10-21-11-23-24(14-41)44-25-15-51-39(46)40(22-13-27(47-4)26(45)12-20(22)8-9-42-40)16-54-38(30-29(25)37-35(52-17-53-37)19(2)34(30)49-6)32(44)31(43(23)3)28(21)36(50-7)33(18)48-5/h10,12-13,23-25,31-32,38,42,45H,8-9,11,15-17H2,1-7H3/t23-,24+,25-,31-,32?,38-,40-/m1/s1. The smallest absolute Gasteiger partial charge is 0.331 e. The maximum absolute atomic E-state index is 14.8. The van der Waals surface area contributed by atoms with Crippen molar-refractivity contribution in [2.24, 2.45) is 0 Å². The fraction of sp³-hybridized carbons (Fsp3) is 0.500. The average Bonchev–Trinajstić information content (AvgIpc) is 3.66. The highest BCUT2D eigenvalue weighted by molar-refractivity contribution is 7.99. The van der Waals surface area contributed by atoms with E-state index in [1.54, 1.807) is 45.2 Å². The fourth-order valence-electron chi connectivity index (χ4n) is 10.4. The molecule has 1 spiro atoms. The van der Waals surface area contributed by atoms with Gasteiger partial charge in [-0.1, -0.05) is 6.07 Å². The van der Waals surface area contributed by atoms with Crippen LogP contribution in [-0.4, -0.2) is 100 Å². The van der Waals surface area contributed by atoms with Crippen LogP contribution in [-0.2, 0) is 27.9 Å². The molecule has 284 valence electrons. The van der Waals surface area contributed by atoms with Crippen molar-refractivity contribution in [2.75, 3.05) is 61.2 Å². The van der Waals surface area contributed by atoms with E-state index in [4.69, 9.17) is 33.2 Å². The summed E-state index contributed by atoms with van der Waals surface area (Å²) in [5.41, 5.74) is 6.01. The maximum atomic E-state index is 14.8. The normalized spacial score (nSPS) is 29.3. The van der Waals surface area contributed by atoms with E-state index in [-0.39, 0.29) is 54.0 Å². The number of phenolic OH excluding ortho intramolecular Hbond substituents is 1. The third kappa shape index (κ3) is 4.58. The van der Waals surface area contributed by atoms with Gasteiger partial charge in [0.1, 0.15) is 18.4 Å². The SMILES string of the molecule is COc1cc2c(cc1O)CCN[C@]21CS[C@@H]2c3c(OC)c(C)c4c(c3[C@@H](COC1=O)N1C2[C@H]2c3c(cc(C)c(OC)c3OC)C[C@H]([C@@H]1C#N)N2C)OCO4. The molecule has 2 saturated heterocycles. The molecule has 3 aromatic carbocycles. The summed E-state index contributed by atoms with van der Waals surface area (Å²) in [5, 5.41) is 25.2. The Balaban J connectivity index is 1.33. The molecule has 0 aromatic heterocycles. The van der Waals surface area contributed by atoms with Crippen LogP contribution >= 0.6 is 11.8 Å². The van der Waals surface area contributed by atoms with Gasteiger partial charge in [0.25, 0.3) is 0 Å². The summed E-state index contributed by atoms with van der Waals surface area (Å²) in [7, 11) is 8.62. The van der Waals surface area contributed by atoms with Crippen molar-refractivity contribution < 1.29 is 43.1 Å². The van der Waals surface area contributed by atoms with Gasteiger partial charge in [0.05, 0.1) is 51.8 Å². The van der Waals surface area contributed by atoms with E-state index < -0.39 is 23.6 Å². The molecule has 0 radical (unpaired) electrons. The Kier molecular flexibility index (Phi) is 8.31. The van der Waals surface area contributed by atoms with Crippen LogP contribution in [0.25, 0.3) is 0 Å². The van der Waals surface area contributed by atoms with Crippen molar-refractivity contribution in [2.45, 2.75) is 67.7 Å². The first-order chi connectivity index (χ1) is 26.1. The molecule has 13 nitrogen and oxygen atoms in total. The van der Waals surface area contributed by atoms with Crippen molar-refractivity contribution >= 4 is 17.7 Å². The molecule has 0 amide bonds. The van der Waals surface area contributed by atoms with Crippen molar-refractivity contribution in [3.8, 4) is 46.3 Å². The fourth-order valence-corrected chi connectivity index (χ4v) is 12.0. The minimum atomic E-state index is -1.26. The van der Waals surface area contributed by atoms with Crippen LogP contribution in [0, 0.1) is 25.2 Å². The average molecular weight is 757 g/mol. The Hall–Kier alpha value is -4.55. The largest absolute Gasteiger partial charge is 0.504 e. The van der Waals surface area contributed by atoms with Gasteiger partial charge in [-0.25, -0.2) is 4.79 Å². The first-order valence-electron chi connectivity index (χ1n) is 18.2. The molecule has 54 heavy (non-hydrogen) atoms. The number of methoxy groups -OCH3 is 4. The summed E-state index contributed by atoms with van der Waals surface area (Å²) < 4.78 is 42.9. The summed E-state index contributed by atoms with van der Waals surface area (Å²) in [6.07, 6.45) is 1.24. The van der Waals surface area contributed by atoms with Gasteiger partial charge in [-0.3, -0.25) is 15.1 Å². The molecule has 0 aliphatic carbocycles. The number of thioether (sulfide) groups is 1. The number of benzene rings is 3. The second-order valence-electron chi connectivity index (χ2n) is 14.9. The first-order valence-corrected chi connectivity index (χ1v) is 19.3. The Morgan fingerprint density at radius 3 is 2.44 bits per heavy atom. The predicted molar refractivity (Wildman–Crippen MR) is 198 cm³/mol. The molecule has 7 atom stereocenters. The number of nitrogens with one attached hydrogen (secondary N) is 1. The maximum Gasteiger partial charge on any atom is 0.331 e. The lowest BCUT2D eigenvalue weighted by atomic mass is 9.71. The van der Waals surface area contributed by atoms with Crippen LogP contribution in [0.1, 0.15) is 61.8 Å². The zero-order valence-corrected chi connectivity index (χ0v) is 32.2. The molecule has 0 saturated carbocycles. The van der Waals surface area contributed by atoms with Gasteiger partial charge in [-0.15, -0.1) is 11.8 Å². The van der Waals surface area contributed by atoms with Gasteiger partial charge in [0.2, 0.25) is 6.79 Å². The van der Waals surface area contributed by atoms with Crippen LogP contribution in [0.15, 0.2) is 18.2 Å². The lowest BCUT2D eigenvalue weighted by Crippen LogP contribution is -2.69. The number of esters is 1. The lowest BCUT2D eigenvalue weighted by molar-refractivity contribution is -0.157. The molecule has 4 bridgehead atoms. The Labute approximate surface area is 318 Å². The van der Waals surface area contributed by atoms with Crippen molar-refractivity contribution in [1.29, 1.82) is 5.26 Å². The van der Waals surface area contributed by atoms with E-state index in [1.165, 1.54) is 7.11 Å². The van der Waals surface area contributed by atoms with Gasteiger partial charge < -0.3 is 38.3 Å². The highest BCUT2D eigenvalue weighted by atomic mass is 32.2. The quantitative estimate of drug-likeness (QED) is 0.364. The van der Waals surface area contributed by atoms with E-state index in [0.717, 1.165) is 38.9 Å². The van der Waals surface area contributed by atoms with E-state index in [9.17, 15) is 15.2 Å². The van der Waals surface area contributed by atoms with E-state index in [1.807, 2.05) is 13.8 Å². The molecule has 10 rings (SSSR count). The zero-order valence-electron chi connectivity index (χ0n) is 31.4. The molecule has 7 aliphatic rings. The Morgan fingerprint density at radius 2 is 1.72 bits per heavy atom. The number of aromatic hydroxyl groups is 1. The number of carbonyl (C=O) groups is 1. The number of rotatable bonds is 4. The first kappa shape index (κ1) is 35.2.